The van der Waals surface area contributed by atoms with E-state index in [9.17, 15) is 14.4 Å². The molecule has 0 aromatic heterocycles. The van der Waals surface area contributed by atoms with Crippen LogP contribution in [0.15, 0.2) is 18.2 Å². The molecule has 1 atom stereocenters. The Hall–Kier alpha value is -2.37. The van der Waals surface area contributed by atoms with E-state index >= 15 is 0 Å². The van der Waals surface area contributed by atoms with Crippen LogP contribution in [0.5, 0.6) is 0 Å². The Labute approximate surface area is 147 Å². The third kappa shape index (κ3) is 2.79. The smallest absolute Gasteiger partial charge is 0.255 e. The molecule has 3 amide bonds. The summed E-state index contributed by atoms with van der Waals surface area (Å²) in [7, 11) is 2.12. The highest BCUT2D eigenvalue weighted by atomic mass is 16.2. The number of hydrogen-bond donors (Lipinski definition) is 1. The normalized spacial score (nSPS) is 23.8. The van der Waals surface area contributed by atoms with Crippen LogP contribution < -0.4 is 10.2 Å². The molecule has 0 spiro atoms. The second-order valence-electron chi connectivity index (χ2n) is 7.29. The molecule has 4 rings (SSSR count). The number of nitrogens with one attached hydrogen (secondary N) is 1. The van der Waals surface area contributed by atoms with Crippen molar-refractivity contribution in [3.63, 3.8) is 0 Å². The summed E-state index contributed by atoms with van der Waals surface area (Å²) in [6.07, 6.45) is 5.68. The van der Waals surface area contributed by atoms with Crippen molar-refractivity contribution >= 4 is 23.4 Å². The van der Waals surface area contributed by atoms with Crippen molar-refractivity contribution in [3.8, 4) is 0 Å². The zero-order chi connectivity index (χ0) is 17.6. The summed E-state index contributed by atoms with van der Waals surface area (Å²) in [5.41, 5.74) is 2.77. The summed E-state index contributed by atoms with van der Waals surface area (Å²) in [6.45, 7) is 0.437. The zero-order valence-corrected chi connectivity index (χ0v) is 14.5. The predicted molar refractivity (Wildman–Crippen MR) is 93.1 cm³/mol. The van der Waals surface area contributed by atoms with E-state index in [0.717, 1.165) is 11.3 Å². The van der Waals surface area contributed by atoms with Gasteiger partial charge in [0.05, 0.1) is 0 Å². The van der Waals surface area contributed by atoms with Crippen molar-refractivity contribution in [1.82, 2.24) is 10.2 Å². The molecule has 2 fully saturated rings. The molecule has 1 saturated carbocycles. The Balaban J connectivity index is 1.55. The summed E-state index contributed by atoms with van der Waals surface area (Å²) in [6, 6.07) is 5.99. The van der Waals surface area contributed by atoms with Crippen molar-refractivity contribution < 1.29 is 14.4 Å². The molecule has 1 aliphatic carbocycles. The predicted octanol–water partition coefficient (Wildman–Crippen LogP) is 1.83. The largest absolute Gasteiger partial charge is 0.372 e. The van der Waals surface area contributed by atoms with Crippen molar-refractivity contribution in [2.45, 2.75) is 57.2 Å². The highest BCUT2D eigenvalue weighted by Crippen LogP contribution is 2.32. The average Bonchev–Trinajstić information content (AvgIpc) is 3.23. The molecule has 132 valence electrons. The highest BCUT2D eigenvalue weighted by molar-refractivity contribution is 6.05. The second-order valence-corrected chi connectivity index (χ2v) is 7.29. The molecule has 1 N–H and O–H groups in total. The van der Waals surface area contributed by atoms with Crippen molar-refractivity contribution in [2.24, 2.45) is 0 Å². The molecular formula is C19H23N3O3. The van der Waals surface area contributed by atoms with Crippen LogP contribution in [-0.4, -0.2) is 41.8 Å². The van der Waals surface area contributed by atoms with E-state index in [1.54, 1.807) is 4.90 Å². The summed E-state index contributed by atoms with van der Waals surface area (Å²) in [5, 5.41) is 2.34. The number of piperidine rings is 1. The standard InChI is InChI=1S/C19H23N3O3/c1-21(13-4-2-3-5-13)14-6-7-15-12(10-14)11-22(19(15)25)16-8-9-17(23)20-18(16)24/h6-7,10,13,16H,2-5,8-9,11H2,1H3,(H,20,23,24). The molecule has 1 aromatic rings. The number of amides is 3. The molecule has 0 radical (unpaired) electrons. The lowest BCUT2D eigenvalue weighted by molar-refractivity contribution is -0.136. The molecule has 2 aliphatic heterocycles. The minimum Gasteiger partial charge on any atom is -0.372 e. The average molecular weight is 341 g/mol. The van der Waals surface area contributed by atoms with Gasteiger partial charge in [0.15, 0.2) is 0 Å². The minimum atomic E-state index is -0.548. The van der Waals surface area contributed by atoms with E-state index < -0.39 is 6.04 Å². The number of nitrogens with zero attached hydrogens (tertiary/aromatic N) is 2. The third-order valence-corrected chi connectivity index (χ3v) is 5.79. The van der Waals surface area contributed by atoms with Crippen LogP contribution >= 0.6 is 0 Å². The van der Waals surface area contributed by atoms with Gasteiger partial charge in [0, 0.05) is 37.3 Å². The Morgan fingerprint density at radius 3 is 2.60 bits per heavy atom. The maximum Gasteiger partial charge on any atom is 0.255 e. The van der Waals surface area contributed by atoms with Crippen LogP contribution in [0.2, 0.25) is 0 Å². The number of carbonyl (C=O) groups excluding carboxylic acids is 3. The van der Waals surface area contributed by atoms with Crippen LogP contribution in [0.25, 0.3) is 0 Å². The molecule has 0 bridgehead atoms. The number of rotatable bonds is 3. The lowest BCUT2D eigenvalue weighted by Gasteiger charge is -2.29. The summed E-state index contributed by atoms with van der Waals surface area (Å²) in [5.74, 6) is -0.730. The molecule has 2 heterocycles. The number of fused-ring (bicyclic) bond motifs is 1. The van der Waals surface area contributed by atoms with E-state index in [4.69, 9.17) is 0 Å². The van der Waals surface area contributed by atoms with Crippen molar-refractivity contribution in [2.75, 3.05) is 11.9 Å². The van der Waals surface area contributed by atoms with Crippen LogP contribution in [0.1, 0.15) is 54.4 Å². The van der Waals surface area contributed by atoms with Gasteiger partial charge in [-0.15, -0.1) is 0 Å². The van der Waals surface area contributed by atoms with E-state index in [1.165, 1.54) is 25.7 Å². The van der Waals surface area contributed by atoms with Gasteiger partial charge in [0.25, 0.3) is 5.91 Å². The van der Waals surface area contributed by atoms with Gasteiger partial charge < -0.3 is 9.80 Å². The molecule has 1 unspecified atom stereocenters. The Morgan fingerprint density at radius 2 is 1.88 bits per heavy atom. The third-order valence-electron chi connectivity index (χ3n) is 5.79. The van der Waals surface area contributed by atoms with Crippen molar-refractivity contribution in [1.29, 1.82) is 0 Å². The Morgan fingerprint density at radius 1 is 1.12 bits per heavy atom. The molecule has 3 aliphatic rings. The van der Waals surface area contributed by atoms with Gasteiger partial charge in [-0.25, -0.2) is 0 Å². The molecule has 6 heteroatoms. The number of carbonyl (C=O) groups is 3. The Kier molecular flexibility index (Phi) is 3.98. The van der Waals surface area contributed by atoms with Gasteiger partial charge in [-0.1, -0.05) is 12.8 Å². The van der Waals surface area contributed by atoms with E-state index in [0.29, 0.717) is 24.6 Å². The Bertz CT molecular complexity index is 739. The van der Waals surface area contributed by atoms with Crippen LogP contribution in [0.3, 0.4) is 0 Å². The fraction of sp³-hybridized carbons (Fsp3) is 0.526. The van der Waals surface area contributed by atoms with Gasteiger partial charge >= 0.3 is 0 Å². The molecule has 6 nitrogen and oxygen atoms in total. The first-order chi connectivity index (χ1) is 12.0. The van der Waals surface area contributed by atoms with Gasteiger partial charge in [0.1, 0.15) is 6.04 Å². The van der Waals surface area contributed by atoms with Crippen LogP contribution in [0, 0.1) is 0 Å². The first-order valence-electron chi connectivity index (χ1n) is 9.05. The van der Waals surface area contributed by atoms with Gasteiger partial charge in [-0.3, -0.25) is 19.7 Å². The molecule has 1 saturated heterocycles. The zero-order valence-electron chi connectivity index (χ0n) is 14.5. The molecular weight excluding hydrogens is 318 g/mol. The highest BCUT2D eigenvalue weighted by Gasteiger charge is 2.39. The summed E-state index contributed by atoms with van der Waals surface area (Å²) >= 11 is 0. The van der Waals surface area contributed by atoms with Crippen LogP contribution in [-0.2, 0) is 16.1 Å². The fourth-order valence-corrected chi connectivity index (χ4v) is 4.28. The first kappa shape index (κ1) is 16.1. The van der Waals surface area contributed by atoms with Gasteiger partial charge in [-0.05, 0) is 43.0 Å². The van der Waals surface area contributed by atoms with Crippen LogP contribution in [0.4, 0.5) is 5.69 Å². The molecule has 25 heavy (non-hydrogen) atoms. The number of anilines is 1. The van der Waals surface area contributed by atoms with E-state index in [-0.39, 0.29) is 24.1 Å². The lowest BCUT2D eigenvalue weighted by atomic mass is 10.0. The first-order valence-corrected chi connectivity index (χ1v) is 9.05. The monoisotopic (exact) mass is 341 g/mol. The number of hydrogen-bond acceptors (Lipinski definition) is 4. The lowest BCUT2D eigenvalue weighted by Crippen LogP contribution is -2.52. The minimum absolute atomic E-state index is 0.112. The quantitative estimate of drug-likeness (QED) is 0.852. The van der Waals surface area contributed by atoms with Gasteiger partial charge in [0.2, 0.25) is 11.8 Å². The molecule has 1 aromatic carbocycles. The topological polar surface area (TPSA) is 69.7 Å². The maximum absolute atomic E-state index is 12.7. The van der Waals surface area contributed by atoms with Gasteiger partial charge in [-0.2, -0.15) is 0 Å². The van der Waals surface area contributed by atoms with Crippen molar-refractivity contribution in [3.05, 3.63) is 29.3 Å². The summed E-state index contributed by atoms with van der Waals surface area (Å²) in [4.78, 5) is 40.1. The number of imide groups is 1. The second kappa shape index (κ2) is 6.17. The number of benzene rings is 1. The van der Waals surface area contributed by atoms with E-state index in [2.05, 4.69) is 23.3 Å². The van der Waals surface area contributed by atoms with E-state index in [1.807, 2.05) is 12.1 Å². The SMILES string of the molecule is CN(c1ccc2c(c1)CN(C1CCC(=O)NC1=O)C2=O)C1CCCC1. The fourth-order valence-electron chi connectivity index (χ4n) is 4.28. The summed E-state index contributed by atoms with van der Waals surface area (Å²) < 4.78 is 0. The maximum atomic E-state index is 12.7.